The van der Waals surface area contributed by atoms with Crippen molar-refractivity contribution in [3.8, 4) is 0 Å². The molecule has 15 heavy (non-hydrogen) atoms. The Labute approximate surface area is 101 Å². The van der Waals surface area contributed by atoms with Crippen molar-refractivity contribution in [3.63, 3.8) is 0 Å². The van der Waals surface area contributed by atoms with Crippen molar-refractivity contribution in [1.82, 2.24) is 0 Å². The van der Waals surface area contributed by atoms with E-state index in [9.17, 15) is 4.79 Å². The van der Waals surface area contributed by atoms with Crippen molar-refractivity contribution in [2.45, 2.75) is 0 Å². The van der Waals surface area contributed by atoms with E-state index >= 15 is 0 Å². The lowest BCUT2D eigenvalue weighted by Crippen LogP contribution is -2.04. The Morgan fingerprint density at radius 2 is 1.80 bits per heavy atom. The van der Waals surface area contributed by atoms with E-state index in [0.717, 1.165) is 20.3 Å². The average Bonchev–Trinajstić information content (AvgIpc) is 2.63. The molecule has 0 atom stereocenters. The van der Waals surface area contributed by atoms with Crippen LogP contribution in [-0.2, 0) is 4.79 Å². The number of hydrogen-bond acceptors (Lipinski definition) is 1. The van der Waals surface area contributed by atoms with Crippen molar-refractivity contribution < 1.29 is 4.79 Å². The fourth-order valence-corrected chi connectivity index (χ4v) is 2.45. The highest BCUT2D eigenvalue weighted by molar-refractivity contribution is 14.1. The van der Waals surface area contributed by atoms with Gasteiger partial charge in [0.15, 0.2) is 5.78 Å². The molecule has 3 rings (SSSR count). The summed E-state index contributed by atoms with van der Waals surface area (Å²) in [4.78, 5) is 11.9. The Kier molecular flexibility index (Phi) is 1.92. The van der Waals surface area contributed by atoms with Crippen LogP contribution < -0.4 is 0 Å². The summed E-state index contributed by atoms with van der Waals surface area (Å²) in [5.41, 5.74) is 4.21. The summed E-state index contributed by atoms with van der Waals surface area (Å²) in [7, 11) is 0. The molecule has 0 unspecified atom stereocenters. The molecule has 0 fully saturated rings. The van der Waals surface area contributed by atoms with Gasteiger partial charge >= 0.3 is 0 Å². The van der Waals surface area contributed by atoms with E-state index < -0.39 is 0 Å². The fraction of sp³-hybridized carbons (Fsp3) is 0. The Morgan fingerprint density at radius 1 is 1.00 bits per heavy atom. The van der Waals surface area contributed by atoms with Crippen LogP contribution in [0.3, 0.4) is 0 Å². The minimum absolute atomic E-state index is 0.143. The largest absolute Gasteiger partial charge is 0.288 e. The zero-order chi connectivity index (χ0) is 10.4. The number of carbonyl (C=O) groups is 1. The van der Waals surface area contributed by atoms with Crippen molar-refractivity contribution in [2.24, 2.45) is 0 Å². The highest BCUT2D eigenvalue weighted by atomic mass is 127. The second-order valence-corrected chi connectivity index (χ2v) is 4.73. The number of carbonyl (C=O) groups excluding carboxylic acids is 1. The number of allylic oxidation sites excluding steroid dienone is 5. The van der Waals surface area contributed by atoms with Gasteiger partial charge in [0.1, 0.15) is 0 Å². The van der Waals surface area contributed by atoms with Crippen LogP contribution in [-0.4, -0.2) is 5.78 Å². The number of Topliss-reactive ketones (excluding diaryl/α,β-unsaturated/α-hetero) is 1. The zero-order valence-corrected chi connectivity index (χ0v) is 9.99. The van der Waals surface area contributed by atoms with Crippen LogP contribution >= 0.6 is 22.6 Å². The zero-order valence-electron chi connectivity index (χ0n) is 7.83. The number of fused-ring (bicyclic) bond motifs is 3. The van der Waals surface area contributed by atoms with Gasteiger partial charge < -0.3 is 0 Å². The van der Waals surface area contributed by atoms with Crippen molar-refractivity contribution >= 4 is 40.0 Å². The lowest BCUT2D eigenvalue weighted by atomic mass is 9.96. The van der Waals surface area contributed by atoms with E-state index in [2.05, 4.69) is 28.7 Å². The molecule has 2 aliphatic rings. The van der Waals surface area contributed by atoms with Gasteiger partial charge in [0.05, 0.1) is 3.58 Å². The molecule has 72 valence electrons. The highest BCUT2D eigenvalue weighted by Gasteiger charge is 2.26. The molecule has 0 aromatic heterocycles. The maximum Gasteiger partial charge on any atom is 0.199 e. The van der Waals surface area contributed by atoms with Crippen LogP contribution in [0, 0.1) is 0 Å². The standard InChI is InChI=1S/C13H7IO/c14-12-6-5-10-9-4-2-1-3-8(9)7-11(10)13(12)15/h1-7H. The lowest BCUT2D eigenvalue weighted by Gasteiger charge is -2.09. The topological polar surface area (TPSA) is 17.1 Å². The smallest absolute Gasteiger partial charge is 0.199 e. The average molecular weight is 306 g/mol. The normalized spacial score (nSPS) is 17.7. The van der Waals surface area contributed by atoms with Gasteiger partial charge in [-0.2, -0.15) is 0 Å². The number of hydrogen-bond donors (Lipinski definition) is 0. The molecule has 2 aliphatic carbocycles. The minimum Gasteiger partial charge on any atom is -0.288 e. The summed E-state index contributed by atoms with van der Waals surface area (Å²) in [6.45, 7) is 0. The number of rotatable bonds is 0. The van der Waals surface area contributed by atoms with Crippen LogP contribution in [0.4, 0.5) is 0 Å². The Bertz CT molecular complexity index is 562. The van der Waals surface area contributed by atoms with Gasteiger partial charge in [-0.25, -0.2) is 0 Å². The number of ketones is 1. The third kappa shape index (κ3) is 1.24. The van der Waals surface area contributed by atoms with Crippen LogP contribution in [0.25, 0.3) is 11.6 Å². The van der Waals surface area contributed by atoms with E-state index in [4.69, 9.17) is 0 Å². The van der Waals surface area contributed by atoms with Crippen molar-refractivity contribution in [1.29, 1.82) is 0 Å². The summed E-state index contributed by atoms with van der Waals surface area (Å²) in [6.07, 6.45) is 5.90. The number of benzene rings is 1. The summed E-state index contributed by atoms with van der Waals surface area (Å²) < 4.78 is 0.787. The van der Waals surface area contributed by atoms with Crippen LogP contribution in [0.15, 0.2) is 45.6 Å². The van der Waals surface area contributed by atoms with Gasteiger partial charge in [-0.15, -0.1) is 0 Å². The van der Waals surface area contributed by atoms with Crippen LogP contribution in [0.1, 0.15) is 11.1 Å². The van der Waals surface area contributed by atoms with E-state index in [1.165, 1.54) is 5.56 Å². The third-order valence-electron chi connectivity index (χ3n) is 2.70. The first kappa shape index (κ1) is 9.09. The molecule has 1 aromatic carbocycles. The summed E-state index contributed by atoms with van der Waals surface area (Å²) >= 11 is 2.08. The molecule has 0 saturated heterocycles. The van der Waals surface area contributed by atoms with Gasteiger partial charge in [0, 0.05) is 5.57 Å². The predicted molar refractivity (Wildman–Crippen MR) is 69.5 cm³/mol. The molecule has 1 aromatic rings. The fourth-order valence-electron chi connectivity index (χ4n) is 1.97. The lowest BCUT2D eigenvalue weighted by molar-refractivity contribution is -0.111. The quantitative estimate of drug-likeness (QED) is 0.672. The molecule has 0 N–H and O–H groups in total. The first-order chi connectivity index (χ1) is 7.27. The number of halogens is 1. The first-order valence-electron chi connectivity index (χ1n) is 4.71. The van der Waals surface area contributed by atoms with Gasteiger partial charge in [0.2, 0.25) is 0 Å². The molecular formula is C13H7IO. The second kappa shape index (κ2) is 3.17. The summed E-state index contributed by atoms with van der Waals surface area (Å²) in [5.74, 6) is 0.143. The Hall–Kier alpha value is -1.16. The van der Waals surface area contributed by atoms with E-state index in [0.29, 0.717) is 0 Å². The monoisotopic (exact) mass is 306 g/mol. The maximum atomic E-state index is 11.9. The third-order valence-corrected chi connectivity index (χ3v) is 3.55. The highest BCUT2D eigenvalue weighted by Crippen LogP contribution is 2.39. The van der Waals surface area contributed by atoms with E-state index in [-0.39, 0.29) is 5.78 Å². The molecule has 0 amide bonds. The predicted octanol–water partition coefficient (Wildman–Crippen LogP) is 3.37. The molecule has 0 bridgehead atoms. The first-order valence-corrected chi connectivity index (χ1v) is 5.79. The molecule has 0 heterocycles. The van der Waals surface area contributed by atoms with Crippen molar-refractivity contribution in [2.75, 3.05) is 0 Å². The molecular weight excluding hydrogens is 299 g/mol. The van der Waals surface area contributed by atoms with Gasteiger partial charge in [-0.05, 0) is 51.4 Å². The molecule has 0 radical (unpaired) electrons. The Morgan fingerprint density at radius 3 is 2.67 bits per heavy atom. The second-order valence-electron chi connectivity index (χ2n) is 3.57. The van der Waals surface area contributed by atoms with Gasteiger partial charge in [-0.1, -0.05) is 30.3 Å². The van der Waals surface area contributed by atoms with E-state index in [1.807, 2.05) is 36.4 Å². The summed E-state index contributed by atoms with van der Waals surface area (Å²) in [5, 5.41) is 0. The molecule has 0 spiro atoms. The summed E-state index contributed by atoms with van der Waals surface area (Å²) in [6, 6.07) is 8.10. The molecule has 2 heteroatoms. The van der Waals surface area contributed by atoms with Crippen LogP contribution in [0.5, 0.6) is 0 Å². The maximum absolute atomic E-state index is 11.9. The van der Waals surface area contributed by atoms with Gasteiger partial charge in [0.25, 0.3) is 0 Å². The minimum atomic E-state index is 0.143. The van der Waals surface area contributed by atoms with E-state index in [1.54, 1.807) is 0 Å². The van der Waals surface area contributed by atoms with Crippen LogP contribution in [0.2, 0.25) is 0 Å². The SMILES string of the molecule is O=C1C(I)=CC=C2C1=Cc1ccccc12. The molecule has 0 saturated carbocycles. The van der Waals surface area contributed by atoms with Crippen molar-refractivity contribution in [3.05, 3.63) is 56.7 Å². The molecule has 0 aliphatic heterocycles. The van der Waals surface area contributed by atoms with Gasteiger partial charge in [-0.3, -0.25) is 4.79 Å². The Balaban J connectivity index is 2.26. The molecule has 1 nitrogen and oxygen atoms in total.